The van der Waals surface area contributed by atoms with Crippen molar-refractivity contribution in [1.29, 1.82) is 0 Å². The molecule has 0 atom stereocenters. The lowest BCUT2D eigenvalue weighted by Crippen LogP contribution is -2.27. The molecule has 0 saturated heterocycles. The van der Waals surface area contributed by atoms with Gasteiger partial charge in [0.25, 0.3) is 5.52 Å². The SMILES string of the molecule is C/C=C\c1ccc2ccc[n+](C)c2c1O. The molecule has 0 bridgehead atoms. The van der Waals surface area contributed by atoms with Gasteiger partial charge in [-0.25, -0.2) is 0 Å². The zero-order chi connectivity index (χ0) is 10.8. The number of nitrogens with zero attached hydrogens (tertiary/aromatic N) is 1. The number of aromatic nitrogens is 1. The molecular weight excluding hydrogens is 186 g/mol. The van der Waals surface area contributed by atoms with E-state index in [1.807, 2.05) is 61.2 Å². The Morgan fingerprint density at radius 2 is 2.07 bits per heavy atom. The molecular formula is C13H14NO+. The third-order valence-electron chi connectivity index (χ3n) is 2.50. The third kappa shape index (κ3) is 1.59. The summed E-state index contributed by atoms with van der Waals surface area (Å²) in [5.41, 5.74) is 1.72. The molecule has 0 saturated carbocycles. The fraction of sp³-hybridized carbons (Fsp3) is 0.154. The number of hydrogen-bond donors (Lipinski definition) is 1. The molecule has 1 heterocycles. The van der Waals surface area contributed by atoms with E-state index in [0.29, 0.717) is 5.75 Å². The summed E-state index contributed by atoms with van der Waals surface area (Å²) in [5, 5.41) is 11.1. The number of hydrogen-bond acceptors (Lipinski definition) is 1. The molecule has 2 aromatic rings. The Kier molecular flexibility index (Phi) is 2.42. The maximum Gasteiger partial charge on any atom is 0.255 e. The molecule has 0 aliphatic rings. The van der Waals surface area contributed by atoms with Gasteiger partial charge in [0.15, 0.2) is 11.9 Å². The first-order chi connectivity index (χ1) is 7.24. The van der Waals surface area contributed by atoms with Crippen molar-refractivity contribution < 1.29 is 9.67 Å². The smallest absolute Gasteiger partial charge is 0.255 e. The Balaban J connectivity index is 2.82. The van der Waals surface area contributed by atoms with Crippen LogP contribution >= 0.6 is 0 Å². The zero-order valence-corrected chi connectivity index (χ0v) is 8.94. The number of aromatic hydroxyl groups is 1. The van der Waals surface area contributed by atoms with E-state index in [-0.39, 0.29) is 0 Å². The quantitative estimate of drug-likeness (QED) is 0.702. The van der Waals surface area contributed by atoms with E-state index in [0.717, 1.165) is 16.5 Å². The molecule has 0 amide bonds. The molecule has 1 aromatic heterocycles. The molecule has 15 heavy (non-hydrogen) atoms. The first-order valence-corrected chi connectivity index (χ1v) is 4.97. The maximum atomic E-state index is 10.1. The minimum atomic E-state index is 0.341. The van der Waals surface area contributed by atoms with Crippen LogP contribution in [0.3, 0.4) is 0 Å². The van der Waals surface area contributed by atoms with Crippen molar-refractivity contribution >= 4 is 17.0 Å². The minimum Gasteiger partial charge on any atom is -0.502 e. The molecule has 0 radical (unpaired) electrons. The molecule has 0 fully saturated rings. The third-order valence-corrected chi connectivity index (χ3v) is 2.50. The van der Waals surface area contributed by atoms with Crippen LogP contribution in [0.25, 0.3) is 17.0 Å². The molecule has 0 aliphatic heterocycles. The van der Waals surface area contributed by atoms with Crippen LogP contribution in [-0.2, 0) is 7.05 Å². The Hall–Kier alpha value is -1.83. The average molecular weight is 200 g/mol. The number of allylic oxidation sites excluding steroid dienone is 1. The maximum absolute atomic E-state index is 10.1. The molecule has 0 aliphatic carbocycles. The Labute approximate surface area is 89.1 Å². The van der Waals surface area contributed by atoms with Gasteiger partial charge in [0.1, 0.15) is 7.05 Å². The van der Waals surface area contributed by atoms with Gasteiger partial charge in [-0.15, -0.1) is 0 Å². The van der Waals surface area contributed by atoms with Gasteiger partial charge in [0.05, 0.1) is 5.39 Å². The number of phenolic OH excluding ortho intramolecular Hbond substituents is 1. The van der Waals surface area contributed by atoms with Crippen LogP contribution in [0.4, 0.5) is 0 Å². The van der Waals surface area contributed by atoms with Crippen LogP contribution in [0.2, 0.25) is 0 Å². The summed E-state index contributed by atoms with van der Waals surface area (Å²) in [6.45, 7) is 1.94. The summed E-state index contributed by atoms with van der Waals surface area (Å²) >= 11 is 0. The summed E-state index contributed by atoms with van der Waals surface area (Å²) in [6, 6.07) is 7.91. The van der Waals surface area contributed by atoms with Crippen molar-refractivity contribution in [3.05, 3.63) is 42.1 Å². The molecule has 1 N–H and O–H groups in total. The van der Waals surface area contributed by atoms with Crippen molar-refractivity contribution in [1.82, 2.24) is 0 Å². The highest BCUT2D eigenvalue weighted by molar-refractivity contribution is 5.85. The molecule has 2 rings (SSSR count). The van der Waals surface area contributed by atoms with E-state index in [9.17, 15) is 5.11 Å². The summed E-state index contributed by atoms with van der Waals surface area (Å²) in [4.78, 5) is 0. The van der Waals surface area contributed by atoms with Gasteiger partial charge in [0.2, 0.25) is 0 Å². The van der Waals surface area contributed by atoms with Crippen LogP contribution in [0, 0.1) is 0 Å². The summed E-state index contributed by atoms with van der Waals surface area (Å²) in [6.07, 6.45) is 5.76. The van der Waals surface area contributed by atoms with E-state index >= 15 is 0 Å². The number of rotatable bonds is 1. The zero-order valence-electron chi connectivity index (χ0n) is 8.94. The van der Waals surface area contributed by atoms with Crippen LogP contribution in [0.5, 0.6) is 5.75 Å². The van der Waals surface area contributed by atoms with E-state index in [1.165, 1.54) is 0 Å². The molecule has 76 valence electrons. The molecule has 0 unspecified atom stereocenters. The fourth-order valence-corrected chi connectivity index (χ4v) is 1.78. The van der Waals surface area contributed by atoms with Crippen molar-refractivity contribution in [3.63, 3.8) is 0 Å². The van der Waals surface area contributed by atoms with Crippen LogP contribution in [0.1, 0.15) is 12.5 Å². The van der Waals surface area contributed by atoms with Gasteiger partial charge in [-0.05, 0) is 19.1 Å². The van der Waals surface area contributed by atoms with Crippen LogP contribution in [0.15, 0.2) is 36.5 Å². The number of phenols is 1. The Morgan fingerprint density at radius 3 is 2.80 bits per heavy atom. The molecule has 2 nitrogen and oxygen atoms in total. The second-order valence-corrected chi connectivity index (χ2v) is 3.56. The number of fused-ring (bicyclic) bond motifs is 1. The number of aryl methyl sites for hydroxylation is 1. The standard InChI is InChI=1S/C13H13NO/c1-3-5-11-8-7-10-6-4-9-14(2)12(10)13(11)15/h3-9H,1-2H3/p+1/b5-3-. The van der Waals surface area contributed by atoms with Gasteiger partial charge >= 0.3 is 0 Å². The van der Waals surface area contributed by atoms with E-state index < -0.39 is 0 Å². The highest BCUT2D eigenvalue weighted by atomic mass is 16.3. The molecule has 2 heteroatoms. The van der Waals surface area contributed by atoms with Crippen LogP contribution < -0.4 is 4.57 Å². The Morgan fingerprint density at radius 1 is 1.27 bits per heavy atom. The van der Waals surface area contributed by atoms with Gasteiger partial charge in [-0.2, -0.15) is 4.57 Å². The molecule has 0 spiro atoms. The summed E-state index contributed by atoms with van der Waals surface area (Å²) in [7, 11) is 1.93. The highest BCUT2D eigenvalue weighted by Gasteiger charge is 2.12. The van der Waals surface area contributed by atoms with Crippen molar-refractivity contribution in [2.75, 3.05) is 0 Å². The predicted molar refractivity (Wildman–Crippen MR) is 61.5 cm³/mol. The first kappa shape index (κ1) is 9.71. The fourth-order valence-electron chi connectivity index (χ4n) is 1.78. The van der Waals surface area contributed by atoms with Gasteiger partial charge in [0, 0.05) is 11.6 Å². The normalized spacial score (nSPS) is 11.3. The lowest BCUT2D eigenvalue weighted by atomic mass is 10.1. The van der Waals surface area contributed by atoms with Gasteiger partial charge < -0.3 is 5.11 Å². The topological polar surface area (TPSA) is 24.1 Å². The van der Waals surface area contributed by atoms with E-state index in [1.54, 1.807) is 0 Å². The number of pyridine rings is 1. The van der Waals surface area contributed by atoms with Gasteiger partial charge in [-0.1, -0.05) is 18.2 Å². The van der Waals surface area contributed by atoms with Crippen LogP contribution in [-0.4, -0.2) is 5.11 Å². The Bertz CT molecular complexity index is 529. The number of benzene rings is 1. The second-order valence-electron chi connectivity index (χ2n) is 3.56. The van der Waals surface area contributed by atoms with Crippen molar-refractivity contribution in [2.24, 2.45) is 7.05 Å². The first-order valence-electron chi connectivity index (χ1n) is 4.97. The second kappa shape index (κ2) is 3.73. The van der Waals surface area contributed by atoms with E-state index in [4.69, 9.17) is 0 Å². The highest BCUT2D eigenvalue weighted by Crippen LogP contribution is 2.26. The average Bonchev–Trinajstić information content (AvgIpc) is 2.22. The summed E-state index contributed by atoms with van der Waals surface area (Å²) < 4.78 is 1.93. The van der Waals surface area contributed by atoms with Crippen molar-refractivity contribution in [2.45, 2.75) is 6.92 Å². The largest absolute Gasteiger partial charge is 0.502 e. The van der Waals surface area contributed by atoms with Gasteiger partial charge in [-0.3, -0.25) is 0 Å². The monoisotopic (exact) mass is 200 g/mol. The lowest BCUT2D eigenvalue weighted by molar-refractivity contribution is -0.645. The van der Waals surface area contributed by atoms with E-state index in [2.05, 4.69) is 0 Å². The molecule has 1 aromatic carbocycles. The predicted octanol–water partition coefficient (Wildman–Crippen LogP) is 2.40. The summed E-state index contributed by atoms with van der Waals surface area (Å²) in [5.74, 6) is 0.341. The van der Waals surface area contributed by atoms with Crippen molar-refractivity contribution in [3.8, 4) is 5.75 Å². The lowest BCUT2D eigenvalue weighted by Gasteiger charge is -2.02. The minimum absolute atomic E-state index is 0.341.